The van der Waals surface area contributed by atoms with Crippen molar-refractivity contribution in [1.29, 1.82) is 0 Å². The number of hydrogen-bond acceptors (Lipinski definition) is 1. The molecule has 0 fully saturated rings. The number of fused-ring (bicyclic) bond motifs is 1. The van der Waals surface area contributed by atoms with Crippen LogP contribution in [0.15, 0.2) is 84.9 Å². The predicted molar refractivity (Wildman–Crippen MR) is 98.1 cm³/mol. The van der Waals surface area contributed by atoms with Crippen LogP contribution >= 0.6 is 0 Å². The first-order valence-corrected chi connectivity index (χ1v) is 7.85. The summed E-state index contributed by atoms with van der Waals surface area (Å²) in [5.41, 5.74) is 4.41. The molecule has 0 unspecified atom stereocenters. The van der Waals surface area contributed by atoms with Gasteiger partial charge in [-0.2, -0.15) is 0 Å². The van der Waals surface area contributed by atoms with E-state index in [2.05, 4.69) is 10.3 Å². The van der Waals surface area contributed by atoms with Crippen LogP contribution in [0.25, 0.3) is 22.2 Å². The van der Waals surface area contributed by atoms with Crippen LogP contribution < -0.4 is 5.32 Å². The van der Waals surface area contributed by atoms with Crippen molar-refractivity contribution < 1.29 is 4.79 Å². The number of para-hydroxylation sites is 1. The van der Waals surface area contributed by atoms with Gasteiger partial charge in [0.05, 0.1) is 11.4 Å². The van der Waals surface area contributed by atoms with Crippen LogP contribution in [-0.4, -0.2) is 10.9 Å². The van der Waals surface area contributed by atoms with Crippen LogP contribution in [0.4, 0.5) is 5.69 Å². The average molecular weight is 312 g/mol. The summed E-state index contributed by atoms with van der Waals surface area (Å²) in [5.74, 6) is -0.113. The fraction of sp³-hybridized carbons (Fsp3) is 0. The van der Waals surface area contributed by atoms with Gasteiger partial charge in [-0.05, 0) is 18.2 Å². The molecule has 1 aromatic heterocycles. The number of nitrogens with one attached hydrogen (secondary N) is 2. The van der Waals surface area contributed by atoms with Crippen LogP contribution in [-0.2, 0) is 0 Å². The maximum Gasteiger partial charge on any atom is 0.255 e. The van der Waals surface area contributed by atoms with E-state index in [1.165, 1.54) is 0 Å². The first kappa shape index (κ1) is 14.3. The molecule has 116 valence electrons. The normalized spacial score (nSPS) is 10.7. The second-order valence-electron chi connectivity index (χ2n) is 5.61. The van der Waals surface area contributed by atoms with Crippen LogP contribution in [0, 0.1) is 0 Å². The molecule has 3 nitrogen and oxygen atoms in total. The lowest BCUT2D eigenvalue weighted by atomic mass is 10.1. The van der Waals surface area contributed by atoms with E-state index in [1.807, 2.05) is 84.9 Å². The van der Waals surface area contributed by atoms with Crippen molar-refractivity contribution in [3.8, 4) is 11.3 Å². The SMILES string of the molecule is O=C(Nc1c(-c2ccccc2)[nH]c2ccccc12)c1ccccc1. The third-order valence-corrected chi connectivity index (χ3v) is 4.04. The molecule has 1 heterocycles. The van der Waals surface area contributed by atoms with Gasteiger partial charge in [0.25, 0.3) is 5.91 Å². The zero-order valence-electron chi connectivity index (χ0n) is 13.0. The molecule has 0 aliphatic carbocycles. The van der Waals surface area contributed by atoms with E-state index in [0.717, 1.165) is 27.8 Å². The lowest BCUT2D eigenvalue weighted by molar-refractivity contribution is 0.102. The lowest BCUT2D eigenvalue weighted by Crippen LogP contribution is -2.12. The number of aromatic amines is 1. The van der Waals surface area contributed by atoms with Gasteiger partial charge in [-0.3, -0.25) is 4.79 Å². The summed E-state index contributed by atoms with van der Waals surface area (Å²) < 4.78 is 0. The van der Waals surface area contributed by atoms with Crippen LogP contribution in [0.3, 0.4) is 0 Å². The number of anilines is 1. The summed E-state index contributed by atoms with van der Waals surface area (Å²) in [4.78, 5) is 16.0. The highest BCUT2D eigenvalue weighted by atomic mass is 16.1. The Labute approximate surface area is 140 Å². The van der Waals surface area contributed by atoms with Crippen molar-refractivity contribution >= 4 is 22.5 Å². The molecule has 0 saturated carbocycles. The number of benzene rings is 3. The minimum absolute atomic E-state index is 0.113. The summed E-state index contributed by atoms with van der Waals surface area (Å²) in [6.45, 7) is 0. The third-order valence-electron chi connectivity index (χ3n) is 4.04. The average Bonchev–Trinajstić information content (AvgIpc) is 3.02. The molecule has 3 heteroatoms. The molecule has 0 radical (unpaired) electrons. The molecule has 4 aromatic rings. The summed E-state index contributed by atoms with van der Waals surface area (Å²) in [5, 5.41) is 4.08. The van der Waals surface area contributed by atoms with Gasteiger partial charge in [0.15, 0.2) is 0 Å². The molecule has 0 atom stereocenters. The zero-order valence-corrected chi connectivity index (χ0v) is 13.0. The van der Waals surface area contributed by atoms with Crippen molar-refractivity contribution in [3.63, 3.8) is 0 Å². The molecule has 0 aliphatic heterocycles. The lowest BCUT2D eigenvalue weighted by Gasteiger charge is -2.08. The van der Waals surface area contributed by atoms with Crippen LogP contribution in [0.1, 0.15) is 10.4 Å². The van der Waals surface area contributed by atoms with E-state index in [4.69, 9.17) is 0 Å². The van der Waals surface area contributed by atoms with Gasteiger partial charge in [-0.25, -0.2) is 0 Å². The second-order valence-corrected chi connectivity index (χ2v) is 5.61. The summed E-state index contributed by atoms with van der Waals surface area (Å²) >= 11 is 0. The molecule has 3 aromatic carbocycles. The number of carbonyl (C=O) groups excluding carboxylic acids is 1. The smallest absolute Gasteiger partial charge is 0.255 e. The van der Waals surface area contributed by atoms with Crippen molar-refractivity contribution in [2.45, 2.75) is 0 Å². The quantitative estimate of drug-likeness (QED) is 0.544. The van der Waals surface area contributed by atoms with E-state index < -0.39 is 0 Å². The number of H-pyrrole nitrogens is 1. The number of rotatable bonds is 3. The molecular weight excluding hydrogens is 296 g/mol. The monoisotopic (exact) mass is 312 g/mol. The van der Waals surface area contributed by atoms with Gasteiger partial charge in [0, 0.05) is 22.0 Å². The molecule has 0 aliphatic rings. The minimum atomic E-state index is -0.113. The van der Waals surface area contributed by atoms with Gasteiger partial charge < -0.3 is 10.3 Å². The highest BCUT2D eigenvalue weighted by Crippen LogP contribution is 2.35. The van der Waals surface area contributed by atoms with Crippen molar-refractivity contribution in [1.82, 2.24) is 4.98 Å². The van der Waals surface area contributed by atoms with Gasteiger partial charge in [0.1, 0.15) is 0 Å². The number of amides is 1. The molecule has 2 N–H and O–H groups in total. The van der Waals surface area contributed by atoms with Gasteiger partial charge in [-0.1, -0.05) is 66.7 Å². The topological polar surface area (TPSA) is 44.9 Å². The van der Waals surface area contributed by atoms with Gasteiger partial charge in [-0.15, -0.1) is 0 Å². The fourth-order valence-corrected chi connectivity index (χ4v) is 2.87. The second kappa shape index (κ2) is 6.05. The molecule has 0 saturated heterocycles. The highest BCUT2D eigenvalue weighted by Gasteiger charge is 2.15. The van der Waals surface area contributed by atoms with Crippen LogP contribution in [0.2, 0.25) is 0 Å². The van der Waals surface area contributed by atoms with E-state index in [9.17, 15) is 4.79 Å². The standard InChI is InChI=1S/C21H16N2O/c24-21(16-11-5-2-6-12-16)23-20-17-13-7-8-14-18(17)22-19(20)15-9-3-1-4-10-15/h1-14,22H,(H,23,24). The van der Waals surface area contributed by atoms with Gasteiger partial charge in [0.2, 0.25) is 0 Å². The van der Waals surface area contributed by atoms with Crippen molar-refractivity contribution in [2.24, 2.45) is 0 Å². The first-order valence-electron chi connectivity index (χ1n) is 7.85. The largest absolute Gasteiger partial charge is 0.353 e. The zero-order chi connectivity index (χ0) is 16.4. The Balaban J connectivity index is 1.83. The number of hydrogen-bond donors (Lipinski definition) is 2. The highest BCUT2D eigenvalue weighted by molar-refractivity contribution is 6.12. The van der Waals surface area contributed by atoms with Crippen LogP contribution in [0.5, 0.6) is 0 Å². The first-order chi connectivity index (χ1) is 11.8. The number of aromatic nitrogens is 1. The molecular formula is C21H16N2O. The van der Waals surface area contributed by atoms with Gasteiger partial charge >= 0.3 is 0 Å². The minimum Gasteiger partial charge on any atom is -0.353 e. The summed E-state index contributed by atoms with van der Waals surface area (Å²) in [7, 11) is 0. The number of carbonyl (C=O) groups is 1. The van der Waals surface area contributed by atoms with E-state index in [0.29, 0.717) is 5.56 Å². The summed E-state index contributed by atoms with van der Waals surface area (Å²) in [6.07, 6.45) is 0. The molecule has 1 amide bonds. The molecule has 24 heavy (non-hydrogen) atoms. The molecule has 0 spiro atoms. The Bertz CT molecular complexity index is 988. The Morgan fingerprint density at radius 1 is 0.750 bits per heavy atom. The fourth-order valence-electron chi connectivity index (χ4n) is 2.87. The summed E-state index contributed by atoms with van der Waals surface area (Å²) in [6, 6.07) is 27.3. The maximum absolute atomic E-state index is 12.6. The van der Waals surface area contributed by atoms with E-state index in [1.54, 1.807) is 0 Å². The molecule has 0 bridgehead atoms. The van der Waals surface area contributed by atoms with E-state index in [-0.39, 0.29) is 5.91 Å². The third kappa shape index (κ3) is 2.57. The molecule has 4 rings (SSSR count). The Kier molecular flexibility index (Phi) is 3.60. The van der Waals surface area contributed by atoms with Crippen molar-refractivity contribution in [2.75, 3.05) is 5.32 Å². The van der Waals surface area contributed by atoms with Crippen molar-refractivity contribution in [3.05, 3.63) is 90.5 Å². The Morgan fingerprint density at radius 2 is 1.38 bits per heavy atom. The Hall–Kier alpha value is -3.33. The van der Waals surface area contributed by atoms with E-state index >= 15 is 0 Å². The maximum atomic E-state index is 12.6. The Morgan fingerprint density at radius 3 is 2.12 bits per heavy atom. The predicted octanol–water partition coefficient (Wildman–Crippen LogP) is 5.09.